The highest BCUT2D eigenvalue weighted by atomic mass is 16.5. The van der Waals surface area contributed by atoms with Crippen LogP contribution in [0.15, 0.2) is 54.6 Å². The van der Waals surface area contributed by atoms with Crippen LogP contribution < -0.4 is 10.2 Å². The van der Waals surface area contributed by atoms with Crippen molar-refractivity contribution in [2.75, 3.05) is 0 Å². The van der Waals surface area contributed by atoms with E-state index in [1.807, 2.05) is 54.6 Å². The van der Waals surface area contributed by atoms with Crippen molar-refractivity contribution < 1.29 is 4.74 Å². The Hall–Kier alpha value is -2.21. The SMILES string of the molecule is N#CBc1cccc(OCc2ccccc2)c1. The number of rotatable bonds is 4. The lowest BCUT2D eigenvalue weighted by molar-refractivity contribution is 0.306. The first-order valence-corrected chi connectivity index (χ1v) is 5.51. The van der Waals surface area contributed by atoms with Gasteiger partial charge in [-0.15, -0.1) is 0 Å². The number of hydrogen-bond donors (Lipinski definition) is 0. The fourth-order valence-electron chi connectivity index (χ4n) is 1.58. The maximum atomic E-state index is 8.63. The summed E-state index contributed by atoms with van der Waals surface area (Å²) in [5.41, 5.74) is 2.12. The van der Waals surface area contributed by atoms with Crippen molar-refractivity contribution >= 4 is 12.7 Å². The molecule has 0 saturated carbocycles. The second-order valence-corrected chi connectivity index (χ2v) is 3.76. The summed E-state index contributed by atoms with van der Waals surface area (Å²) in [6, 6.07) is 17.7. The Morgan fingerprint density at radius 3 is 2.65 bits per heavy atom. The van der Waals surface area contributed by atoms with Gasteiger partial charge < -0.3 is 4.74 Å². The van der Waals surface area contributed by atoms with Crippen LogP contribution in [-0.4, -0.2) is 7.28 Å². The van der Waals surface area contributed by atoms with Crippen LogP contribution >= 0.6 is 0 Å². The minimum Gasteiger partial charge on any atom is -0.489 e. The van der Waals surface area contributed by atoms with Gasteiger partial charge in [-0.2, -0.15) is 0 Å². The van der Waals surface area contributed by atoms with Crippen LogP contribution in [0, 0.1) is 11.2 Å². The maximum Gasteiger partial charge on any atom is 0.282 e. The van der Waals surface area contributed by atoms with E-state index in [-0.39, 0.29) is 0 Å². The van der Waals surface area contributed by atoms with Gasteiger partial charge in [0.15, 0.2) is 0 Å². The molecule has 0 heterocycles. The van der Waals surface area contributed by atoms with Gasteiger partial charge in [-0.05, 0) is 17.7 Å². The molecule has 0 aliphatic carbocycles. The van der Waals surface area contributed by atoms with E-state index in [0.29, 0.717) is 13.9 Å². The molecular formula is C14H12BNO. The van der Waals surface area contributed by atoms with E-state index in [1.54, 1.807) is 0 Å². The third-order valence-corrected chi connectivity index (χ3v) is 2.43. The molecule has 0 radical (unpaired) electrons. The predicted molar refractivity (Wildman–Crippen MR) is 69.6 cm³/mol. The van der Waals surface area contributed by atoms with Crippen molar-refractivity contribution in [1.82, 2.24) is 0 Å². The zero-order valence-electron chi connectivity index (χ0n) is 9.47. The minimum atomic E-state index is 0.419. The molecule has 0 spiro atoms. The van der Waals surface area contributed by atoms with Crippen LogP contribution in [0.1, 0.15) is 5.56 Å². The zero-order chi connectivity index (χ0) is 11.9. The monoisotopic (exact) mass is 221 g/mol. The van der Waals surface area contributed by atoms with Gasteiger partial charge in [-0.25, -0.2) is 5.26 Å². The first kappa shape index (κ1) is 11.3. The number of benzene rings is 2. The van der Waals surface area contributed by atoms with Gasteiger partial charge in [0.1, 0.15) is 12.4 Å². The first-order chi connectivity index (χ1) is 8.38. The molecule has 2 aromatic carbocycles. The van der Waals surface area contributed by atoms with E-state index in [9.17, 15) is 0 Å². The summed E-state index contributed by atoms with van der Waals surface area (Å²) in [5.74, 6) is 2.94. The zero-order valence-corrected chi connectivity index (χ0v) is 9.47. The highest BCUT2D eigenvalue weighted by molar-refractivity contribution is 6.61. The standard InChI is InChI=1S/C14H12BNO/c16-11-15-13-7-4-8-14(9-13)17-10-12-5-2-1-3-6-12/h1-9,15H,10H2. The molecule has 0 saturated heterocycles. The van der Waals surface area contributed by atoms with E-state index in [0.717, 1.165) is 16.8 Å². The lowest BCUT2D eigenvalue weighted by atomic mass is 9.73. The lowest BCUT2D eigenvalue weighted by Gasteiger charge is -2.06. The second-order valence-electron chi connectivity index (χ2n) is 3.76. The molecule has 2 rings (SSSR count). The van der Waals surface area contributed by atoms with E-state index in [4.69, 9.17) is 10.00 Å². The van der Waals surface area contributed by atoms with Crippen LogP contribution in [-0.2, 0) is 6.61 Å². The lowest BCUT2D eigenvalue weighted by Crippen LogP contribution is -2.11. The van der Waals surface area contributed by atoms with Gasteiger partial charge in [-0.3, -0.25) is 0 Å². The van der Waals surface area contributed by atoms with Crippen LogP contribution in [0.25, 0.3) is 0 Å². The molecule has 0 N–H and O–H groups in total. The smallest absolute Gasteiger partial charge is 0.282 e. The van der Waals surface area contributed by atoms with Crippen molar-refractivity contribution in [2.45, 2.75) is 6.61 Å². The molecule has 0 unspecified atom stereocenters. The average molecular weight is 221 g/mol. The van der Waals surface area contributed by atoms with Gasteiger partial charge in [-0.1, -0.05) is 47.9 Å². The maximum absolute atomic E-state index is 8.63. The molecule has 2 aromatic rings. The van der Waals surface area contributed by atoms with Gasteiger partial charge in [0.2, 0.25) is 0 Å². The Morgan fingerprint density at radius 1 is 1.06 bits per heavy atom. The van der Waals surface area contributed by atoms with E-state index < -0.39 is 0 Å². The molecule has 0 bridgehead atoms. The molecule has 0 aromatic heterocycles. The van der Waals surface area contributed by atoms with Crippen LogP contribution in [0.3, 0.4) is 0 Å². The van der Waals surface area contributed by atoms with Crippen molar-refractivity contribution in [1.29, 1.82) is 5.26 Å². The Kier molecular flexibility index (Phi) is 3.83. The molecule has 3 heteroatoms. The average Bonchev–Trinajstić information content (AvgIpc) is 2.39. The fraction of sp³-hybridized carbons (Fsp3) is 0.0714. The molecule has 17 heavy (non-hydrogen) atoms. The quantitative estimate of drug-likeness (QED) is 0.737. The summed E-state index contributed by atoms with van der Waals surface area (Å²) in [7, 11) is 0.419. The van der Waals surface area contributed by atoms with Crippen molar-refractivity contribution in [3.63, 3.8) is 0 Å². The largest absolute Gasteiger partial charge is 0.489 e. The summed E-state index contributed by atoms with van der Waals surface area (Å²) >= 11 is 0. The second kappa shape index (κ2) is 5.76. The number of hydrogen-bond acceptors (Lipinski definition) is 2. The number of nitriles is 1. The number of nitrogens with zero attached hydrogens (tertiary/aromatic N) is 1. The van der Waals surface area contributed by atoms with E-state index in [1.165, 1.54) is 0 Å². The minimum absolute atomic E-state index is 0.419. The molecular weight excluding hydrogens is 209 g/mol. The third kappa shape index (κ3) is 3.39. The topological polar surface area (TPSA) is 33.0 Å². The molecule has 0 aliphatic rings. The summed E-state index contributed by atoms with van der Waals surface area (Å²) in [6.45, 7) is 0.552. The third-order valence-electron chi connectivity index (χ3n) is 2.43. The van der Waals surface area contributed by atoms with Crippen molar-refractivity contribution in [3.05, 3.63) is 60.2 Å². The predicted octanol–water partition coefficient (Wildman–Crippen LogP) is 1.81. The van der Waals surface area contributed by atoms with E-state index >= 15 is 0 Å². The molecule has 2 nitrogen and oxygen atoms in total. The molecule has 82 valence electrons. The Morgan fingerprint density at radius 2 is 1.88 bits per heavy atom. The normalized spacial score (nSPS) is 9.35. The summed E-state index contributed by atoms with van der Waals surface area (Å²) < 4.78 is 5.67. The van der Waals surface area contributed by atoms with Gasteiger partial charge >= 0.3 is 0 Å². The highest BCUT2D eigenvalue weighted by Gasteiger charge is 1.98. The van der Waals surface area contributed by atoms with Gasteiger partial charge in [0.05, 0.1) is 0 Å². The first-order valence-electron chi connectivity index (χ1n) is 5.51. The molecule has 0 aliphatic heterocycles. The van der Waals surface area contributed by atoms with Crippen LogP contribution in [0.5, 0.6) is 5.75 Å². The Bertz CT molecular complexity index is 519. The van der Waals surface area contributed by atoms with Gasteiger partial charge in [0.25, 0.3) is 7.28 Å². The molecule has 0 fully saturated rings. The summed E-state index contributed by atoms with van der Waals surface area (Å²) in [4.78, 5) is 0. The Balaban J connectivity index is 2.00. The summed E-state index contributed by atoms with van der Waals surface area (Å²) in [5, 5.41) is 8.63. The summed E-state index contributed by atoms with van der Waals surface area (Å²) in [6.07, 6.45) is 0. The number of ether oxygens (including phenoxy) is 1. The fourth-order valence-corrected chi connectivity index (χ4v) is 1.58. The van der Waals surface area contributed by atoms with Crippen molar-refractivity contribution in [2.24, 2.45) is 0 Å². The van der Waals surface area contributed by atoms with Crippen molar-refractivity contribution in [3.8, 4) is 11.7 Å². The van der Waals surface area contributed by atoms with Gasteiger partial charge in [0, 0.05) is 5.97 Å². The van der Waals surface area contributed by atoms with Crippen LogP contribution in [0.4, 0.5) is 0 Å². The Labute approximate surface area is 102 Å². The molecule has 0 amide bonds. The van der Waals surface area contributed by atoms with Crippen LogP contribution in [0.2, 0.25) is 0 Å². The molecule has 0 atom stereocenters. The highest BCUT2D eigenvalue weighted by Crippen LogP contribution is 2.10. The van der Waals surface area contributed by atoms with E-state index in [2.05, 4.69) is 5.97 Å².